The zero-order chi connectivity index (χ0) is 11.4. The van der Waals surface area contributed by atoms with Gasteiger partial charge in [-0.2, -0.15) is 0 Å². The molecule has 0 saturated heterocycles. The number of nitrogens with zero attached hydrogens (tertiary/aromatic N) is 2. The predicted molar refractivity (Wildman–Crippen MR) is 62.0 cm³/mol. The molecule has 4 nitrogen and oxygen atoms in total. The van der Waals surface area contributed by atoms with Crippen molar-refractivity contribution in [2.45, 2.75) is 52.6 Å². The average molecular weight is 200 g/mol. The molecule has 0 aliphatic heterocycles. The van der Waals surface area contributed by atoms with Gasteiger partial charge in [0.25, 0.3) is 0 Å². The maximum absolute atomic E-state index is 5.45. The molecule has 0 unspecified atom stereocenters. The van der Waals surface area contributed by atoms with E-state index in [4.69, 9.17) is 5.84 Å². The molecule has 0 spiro atoms. The van der Waals surface area contributed by atoms with Gasteiger partial charge in [-0.1, -0.05) is 6.92 Å². The van der Waals surface area contributed by atoms with Crippen molar-refractivity contribution in [3.8, 4) is 0 Å². The van der Waals surface area contributed by atoms with Crippen molar-refractivity contribution in [3.63, 3.8) is 0 Å². The van der Waals surface area contributed by atoms with Crippen LogP contribution in [0.3, 0.4) is 0 Å². The lowest BCUT2D eigenvalue weighted by Crippen LogP contribution is -2.52. The van der Waals surface area contributed by atoms with Crippen LogP contribution in [0, 0.1) is 0 Å². The summed E-state index contributed by atoms with van der Waals surface area (Å²) in [5.74, 6) is 6.19. The third kappa shape index (κ3) is 3.54. The zero-order valence-electron chi connectivity index (χ0n) is 10.3. The predicted octanol–water partition coefficient (Wildman–Crippen LogP) is 1.33. The van der Waals surface area contributed by atoms with E-state index in [0.717, 1.165) is 12.4 Å². The maximum Gasteiger partial charge on any atom is 0.208 e. The first kappa shape index (κ1) is 13.2. The number of guanidine groups is 1. The molecular formula is C10H24N4. The van der Waals surface area contributed by atoms with Crippen LogP contribution in [0.2, 0.25) is 0 Å². The number of hydrazine groups is 1. The van der Waals surface area contributed by atoms with Gasteiger partial charge in [-0.25, -0.2) is 10.8 Å². The Balaban J connectivity index is 4.70. The second kappa shape index (κ2) is 5.20. The van der Waals surface area contributed by atoms with E-state index in [1.54, 1.807) is 0 Å². The molecule has 0 aromatic carbocycles. The number of aliphatic imine (C=N–C) groups is 1. The number of nitrogens with one attached hydrogen (secondary N) is 1. The molecular weight excluding hydrogens is 176 g/mol. The SMILES string of the molecule is CCC(C)(C)N(C)C(=NC(C)C)NN. The van der Waals surface area contributed by atoms with E-state index >= 15 is 0 Å². The van der Waals surface area contributed by atoms with Gasteiger partial charge in [0, 0.05) is 18.6 Å². The summed E-state index contributed by atoms with van der Waals surface area (Å²) in [5.41, 5.74) is 2.72. The topological polar surface area (TPSA) is 53.6 Å². The summed E-state index contributed by atoms with van der Waals surface area (Å²) >= 11 is 0. The van der Waals surface area contributed by atoms with Crippen molar-refractivity contribution in [1.82, 2.24) is 10.3 Å². The minimum atomic E-state index is 0.0695. The number of hydrogen-bond donors (Lipinski definition) is 2. The fourth-order valence-electron chi connectivity index (χ4n) is 0.989. The van der Waals surface area contributed by atoms with Gasteiger partial charge in [-0.05, 0) is 34.1 Å². The van der Waals surface area contributed by atoms with E-state index in [9.17, 15) is 0 Å². The van der Waals surface area contributed by atoms with E-state index < -0.39 is 0 Å². The Morgan fingerprint density at radius 1 is 1.50 bits per heavy atom. The third-order valence-electron chi connectivity index (χ3n) is 2.60. The summed E-state index contributed by atoms with van der Waals surface area (Å²) in [4.78, 5) is 6.49. The third-order valence-corrected chi connectivity index (χ3v) is 2.60. The average Bonchev–Trinajstić information content (AvgIpc) is 2.12. The summed E-state index contributed by atoms with van der Waals surface area (Å²) in [6.07, 6.45) is 1.04. The van der Waals surface area contributed by atoms with Crippen LogP contribution >= 0.6 is 0 Å². The quantitative estimate of drug-likeness (QED) is 0.313. The number of nitrogens with two attached hydrogens (primary N) is 1. The van der Waals surface area contributed by atoms with Gasteiger partial charge in [0.05, 0.1) is 0 Å². The highest BCUT2D eigenvalue weighted by Gasteiger charge is 2.23. The molecule has 0 aromatic rings. The van der Waals surface area contributed by atoms with Crippen molar-refractivity contribution < 1.29 is 0 Å². The van der Waals surface area contributed by atoms with Gasteiger partial charge in [0.15, 0.2) is 0 Å². The molecule has 0 radical (unpaired) electrons. The summed E-state index contributed by atoms with van der Waals surface area (Å²) < 4.78 is 0. The van der Waals surface area contributed by atoms with Crippen molar-refractivity contribution in [2.24, 2.45) is 10.8 Å². The Bertz CT molecular complexity index is 196. The molecule has 14 heavy (non-hydrogen) atoms. The summed E-state index contributed by atoms with van der Waals surface area (Å²) in [6, 6.07) is 0.246. The smallest absolute Gasteiger partial charge is 0.208 e. The molecule has 4 heteroatoms. The largest absolute Gasteiger partial charge is 0.340 e. The van der Waals surface area contributed by atoms with Crippen molar-refractivity contribution in [3.05, 3.63) is 0 Å². The van der Waals surface area contributed by atoms with E-state index in [1.807, 2.05) is 20.9 Å². The molecule has 0 saturated carbocycles. The highest BCUT2D eigenvalue weighted by atomic mass is 15.4. The number of rotatable bonds is 3. The van der Waals surface area contributed by atoms with E-state index in [-0.39, 0.29) is 11.6 Å². The Morgan fingerprint density at radius 3 is 2.29 bits per heavy atom. The molecule has 0 atom stereocenters. The first-order valence-corrected chi connectivity index (χ1v) is 5.13. The molecule has 0 aromatic heterocycles. The van der Waals surface area contributed by atoms with Gasteiger partial charge >= 0.3 is 0 Å². The van der Waals surface area contributed by atoms with Crippen LogP contribution in [0.4, 0.5) is 0 Å². The molecule has 0 rings (SSSR count). The minimum Gasteiger partial charge on any atom is -0.340 e. The van der Waals surface area contributed by atoms with Crippen LogP contribution in [-0.4, -0.2) is 29.5 Å². The Labute approximate surface area is 87.5 Å². The lowest BCUT2D eigenvalue weighted by atomic mass is 10.0. The highest BCUT2D eigenvalue weighted by Crippen LogP contribution is 2.16. The van der Waals surface area contributed by atoms with Gasteiger partial charge in [-0.15, -0.1) is 0 Å². The van der Waals surface area contributed by atoms with Crippen LogP contribution in [-0.2, 0) is 0 Å². The van der Waals surface area contributed by atoms with E-state index in [2.05, 4.69) is 36.1 Å². The summed E-state index contributed by atoms with van der Waals surface area (Å²) in [5, 5.41) is 0. The van der Waals surface area contributed by atoms with Gasteiger partial charge in [0.1, 0.15) is 0 Å². The molecule has 0 heterocycles. The maximum atomic E-state index is 5.45. The van der Waals surface area contributed by atoms with Gasteiger partial charge in [0.2, 0.25) is 5.96 Å². The monoisotopic (exact) mass is 200 g/mol. The Hall–Kier alpha value is -0.770. The van der Waals surface area contributed by atoms with Crippen LogP contribution in [0.25, 0.3) is 0 Å². The van der Waals surface area contributed by atoms with E-state index in [1.165, 1.54) is 0 Å². The Kier molecular flexibility index (Phi) is 4.91. The van der Waals surface area contributed by atoms with E-state index in [0.29, 0.717) is 0 Å². The second-order valence-electron chi connectivity index (χ2n) is 4.42. The van der Waals surface area contributed by atoms with Gasteiger partial charge < -0.3 is 4.90 Å². The highest BCUT2D eigenvalue weighted by molar-refractivity contribution is 5.80. The van der Waals surface area contributed by atoms with Crippen molar-refractivity contribution >= 4 is 5.96 Å². The van der Waals surface area contributed by atoms with Crippen LogP contribution < -0.4 is 11.3 Å². The first-order valence-electron chi connectivity index (χ1n) is 5.13. The molecule has 0 amide bonds. The molecule has 84 valence electrons. The molecule has 0 aliphatic rings. The lowest BCUT2D eigenvalue weighted by molar-refractivity contribution is 0.238. The zero-order valence-corrected chi connectivity index (χ0v) is 10.3. The first-order chi connectivity index (χ1) is 6.35. The fraction of sp³-hybridized carbons (Fsp3) is 0.900. The normalized spacial score (nSPS) is 13.3. The lowest BCUT2D eigenvalue weighted by Gasteiger charge is -2.36. The molecule has 3 N–H and O–H groups in total. The Morgan fingerprint density at radius 2 is 2.00 bits per heavy atom. The molecule has 0 aliphatic carbocycles. The van der Waals surface area contributed by atoms with Crippen molar-refractivity contribution in [2.75, 3.05) is 7.05 Å². The van der Waals surface area contributed by atoms with Gasteiger partial charge in [-0.3, -0.25) is 5.43 Å². The second-order valence-corrected chi connectivity index (χ2v) is 4.42. The summed E-state index contributed by atoms with van der Waals surface area (Å²) in [7, 11) is 2.00. The molecule has 0 fully saturated rings. The van der Waals surface area contributed by atoms with Crippen molar-refractivity contribution in [1.29, 1.82) is 0 Å². The minimum absolute atomic E-state index is 0.0695. The fourth-order valence-corrected chi connectivity index (χ4v) is 0.989. The number of hydrogen-bond acceptors (Lipinski definition) is 2. The van der Waals surface area contributed by atoms with Crippen LogP contribution in [0.5, 0.6) is 0 Å². The molecule has 0 bridgehead atoms. The summed E-state index contributed by atoms with van der Waals surface area (Å²) in [6.45, 7) is 10.6. The standard InChI is InChI=1S/C10H24N4/c1-7-10(4,5)14(6)9(13-11)12-8(2)3/h8H,7,11H2,1-6H3,(H,12,13). The van der Waals surface area contributed by atoms with Crippen LogP contribution in [0.15, 0.2) is 4.99 Å². The van der Waals surface area contributed by atoms with Crippen LogP contribution in [0.1, 0.15) is 41.0 Å².